The van der Waals surface area contributed by atoms with E-state index >= 15 is 0 Å². The smallest absolute Gasteiger partial charge is 0.356 e. The van der Waals surface area contributed by atoms with Crippen LogP contribution < -0.4 is 0 Å². The van der Waals surface area contributed by atoms with E-state index in [1.165, 1.54) is 6.07 Å². The van der Waals surface area contributed by atoms with Gasteiger partial charge in [0.2, 0.25) is 0 Å². The molecule has 2 rings (SSSR count). The summed E-state index contributed by atoms with van der Waals surface area (Å²) in [7, 11) is 1.92. The van der Waals surface area contributed by atoms with Gasteiger partial charge in [-0.05, 0) is 6.07 Å². The van der Waals surface area contributed by atoms with Crippen LogP contribution in [0.5, 0.6) is 0 Å². The molecule has 0 aromatic carbocycles. The maximum Gasteiger partial charge on any atom is 0.356 e. The van der Waals surface area contributed by atoms with E-state index in [-0.39, 0.29) is 5.69 Å². The van der Waals surface area contributed by atoms with Crippen LogP contribution in [-0.4, -0.2) is 30.4 Å². The van der Waals surface area contributed by atoms with Crippen molar-refractivity contribution >= 4 is 5.97 Å². The lowest BCUT2D eigenvalue weighted by Crippen LogP contribution is -2.07. The van der Waals surface area contributed by atoms with Crippen molar-refractivity contribution in [3.05, 3.63) is 36.2 Å². The number of aromatic nitrogens is 4. The van der Waals surface area contributed by atoms with Crippen LogP contribution >= 0.6 is 0 Å². The maximum atomic E-state index is 10.6. The third-order valence-electron chi connectivity index (χ3n) is 2.35. The molecule has 0 fully saturated rings. The molecular formula is C10H12N4O2. The third kappa shape index (κ3) is 2.10. The second-order valence-corrected chi connectivity index (χ2v) is 3.47. The van der Waals surface area contributed by atoms with E-state index in [4.69, 9.17) is 5.11 Å². The van der Waals surface area contributed by atoms with Crippen LogP contribution in [0, 0.1) is 0 Å². The molecule has 16 heavy (non-hydrogen) atoms. The second kappa shape index (κ2) is 4.18. The van der Waals surface area contributed by atoms with E-state index in [1.54, 1.807) is 17.1 Å². The standard InChI is InChI=1S/C10H12N4O2/c1-13-7-4-11-9(13)3-6-14-5-2-8(12-14)10(15)16/h2,4-5,7H,3,6H2,1H3,(H,15,16). The molecule has 1 N–H and O–H groups in total. The highest BCUT2D eigenvalue weighted by Gasteiger charge is 2.07. The van der Waals surface area contributed by atoms with Crippen molar-refractivity contribution in [1.82, 2.24) is 19.3 Å². The highest BCUT2D eigenvalue weighted by atomic mass is 16.4. The van der Waals surface area contributed by atoms with Gasteiger partial charge >= 0.3 is 5.97 Å². The Morgan fingerprint density at radius 2 is 2.31 bits per heavy atom. The molecule has 6 heteroatoms. The van der Waals surface area contributed by atoms with E-state index < -0.39 is 5.97 Å². The van der Waals surface area contributed by atoms with Crippen molar-refractivity contribution in [2.45, 2.75) is 13.0 Å². The van der Waals surface area contributed by atoms with Gasteiger partial charge in [-0.15, -0.1) is 0 Å². The van der Waals surface area contributed by atoms with Gasteiger partial charge < -0.3 is 9.67 Å². The number of rotatable bonds is 4. The highest BCUT2D eigenvalue weighted by Crippen LogP contribution is 2.00. The van der Waals surface area contributed by atoms with Gasteiger partial charge in [-0.1, -0.05) is 0 Å². The van der Waals surface area contributed by atoms with E-state index in [0.717, 1.165) is 12.2 Å². The van der Waals surface area contributed by atoms with Gasteiger partial charge in [0.1, 0.15) is 5.82 Å². The molecule has 0 aliphatic rings. The largest absolute Gasteiger partial charge is 0.476 e. The van der Waals surface area contributed by atoms with Crippen LogP contribution in [0.15, 0.2) is 24.7 Å². The zero-order valence-electron chi connectivity index (χ0n) is 8.87. The van der Waals surface area contributed by atoms with Crippen molar-refractivity contribution < 1.29 is 9.90 Å². The van der Waals surface area contributed by atoms with Crippen LogP contribution in [0.1, 0.15) is 16.3 Å². The van der Waals surface area contributed by atoms with Crippen molar-refractivity contribution in [3.63, 3.8) is 0 Å². The molecule has 2 aromatic rings. The predicted octanol–water partition coefficient (Wildman–Crippen LogP) is 0.557. The van der Waals surface area contributed by atoms with Crippen molar-refractivity contribution in [3.8, 4) is 0 Å². The minimum Gasteiger partial charge on any atom is -0.476 e. The lowest BCUT2D eigenvalue weighted by molar-refractivity contribution is 0.0689. The number of carboxylic acids is 1. The Labute approximate surface area is 92.2 Å². The Morgan fingerprint density at radius 3 is 2.88 bits per heavy atom. The molecule has 0 aliphatic heterocycles. The Balaban J connectivity index is 2.00. The van der Waals surface area contributed by atoms with E-state index in [2.05, 4.69) is 10.1 Å². The molecular weight excluding hydrogens is 208 g/mol. The van der Waals surface area contributed by atoms with Gasteiger partial charge in [-0.3, -0.25) is 4.68 Å². The quantitative estimate of drug-likeness (QED) is 0.817. The molecule has 2 aromatic heterocycles. The number of hydrogen-bond donors (Lipinski definition) is 1. The van der Waals surface area contributed by atoms with Crippen molar-refractivity contribution in [2.24, 2.45) is 7.05 Å². The number of imidazole rings is 1. The van der Waals surface area contributed by atoms with Gasteiger partial charge in [-0.25, -0.2) is 9.78 Å². The molecule has 0 amide bonds. The molecule has 84 valence electrons. The molecule has 0 radical (unpaired) electrons. The normalized spacial score (nSPS) is 10.6. The van der Waals surface area contributed by atoms with Crippen molar-refractivity contribution in [2.75, 3.05) is 0 Å². The summed E-state index contributed by atoms with van der Waals surface area (Å²) < 4.78 is 3.54. The molecule has 2 heterocycles. The summed E-state index contributed by atoms with van der Waals surface area (Å²) in [6.45, 7) is 0.623. The Bertz CT molecular complexity index is 500. The highest BCUT2D eigenvalue weighted by molar-refractivity contribution is 5.84. The van der Waals surface area contributed by atoms with Gasteiger partial charge in [-0.2, -0.15) is 5.10 Å². The molecule has 0 atom stereocenters. The average Bonchev–Trinajstić information content (AvgIpc) is 2.83. The predicted molar refractivity (Wildman–Crippen MR) is 56.1 cm³/mol. The summed E-state index contributed by atoms with van der Waals surface area (Å²) in [6, 6.07) is 1.49. The van der Waals surface area contributed by atoms with Crippen LogP contribution in [0.2, 0.25) is 0 Å². The first-order valence-corrected chi connectivity index (χ1v) is 4.90. The first-order valence-electron chi connectivity index (χ1n) is 4.90. The van der Waals surface area contributed by atoms with Crippen LogP contribution in [0.25, 0.3) is 0 Å². The first-order chi connectivity index (χ1) is 7.66. The first kappa shape index (κ1) is 10.4. The monoisotopic (exact) mass is 220 g/mol. The number of nitrogens with zero attached hydrogens (tertiary/aromatic N) is 4. The minimum atomic E-state index is -1.00. The fourth-order valence-electron chi connectivity index (χ4n) is 1.45. The molecule has 6 nitrogen and oxygen atoms in total. The molecule has 0 saturated heterocycles. The number of aryl methyl sites for hydroxylation is 3. The number of aromatic carboxylic acids is 1. The van der Waals surface area contributed by atoms with E-state index in [9.17, 15) is 4.79 Å². The van der Waals surface area contributed by atoms with E-state index in [1.807, 2.05) is 17.8 Å². The summed E-state index contributed by atoms with van der Waals surface area (Å²) in [5, 5.41) is 12.6. The van der Waals surface area contributed by atoms with Crippen LogP contribution in [0.3, 0.4) is 0 Å². The zero-order valence-corrected chi connectivity index (χ0v) is 8.87. The number of carboxylic acid groups (broad SMARTS) is 1. The maximum absolute atomic E-state index is 10.6. The number of carbonyl (C=O) groups is 1. The Morgan fingerprint density at radius 1 is 1.50 bits per heavy atom. The van der Waals surface area contributed by atoms with Gasteiger partial charge in [0.05, 0.1) is 0 Å². The van der Waals surface area contributed by atoms with Crippen LogP contribution in [0.4, 0.5) is 0 Å². The third-order valence-corrected chi connectivity index (χ3v) is 2.35. The van der Waals surface area contributed by atoms with Gasteiger partial charge in [0.25, 0.3) is 0 Å². The summed E-state index contributed by atoms with van der Waals surface area (Å²) in [5.74, 6) is -0.0527. The molecule has 0 aliphatic carbocycles. The summed E-state index contributed by atoms with van der Waals surface area (Å²) in [5.41, 5.74) is 0.0693. The topological polar surface area (TPSA) is 72.9 Å². The molecule has 0 bridgehead atoms. The summed E-state index contributed by atoms with van der Waals surface area (Å²) in [6.07, 6.45) is 6.00. The molecule has 0 unspecified atom stereocenters. The molecule has 0 spiro atoms. The zero-order chi connectivity index (χ0) is 11.5. The number of hydrogen-bond acceptors (Lipinski definition) is 3. The average molecular weight is 220 g/mol. The lowest BCUT2D eigenvalue weighted by Gasteiger charge is -2.01. The SMILES string of the molecule is Cn1ccnc1CCn1ccc(C(=O)O)n1. The van der Waals surface area contributed by atoms with Crippen molar-refractivity contribution in [1.29, 1.82) is 0 Å². The second-order valence-electron chi connectivity index (χ2n) is 3.47. The fraction of sp³-hybridized carbons (Fsp3) is 0.300. The molecule has 0 saturated carbocycles. The van der Waals surface area contributed by atoms with E-state index in [0.29, 0.717) is 6.54 Å². The van der Waals surface area contributed by atoms with Gasteiger partial charge in [0, 0.05) is 38.6 Å². The lowest BCUT2D eigenvalue weighted by atomic mass is 10.4. The van der Waals surface area contributed by atoms with Crippen LogP contribution in [-0.2, 0) is 20.0 Å². The Hall–Kier alpha value is -2.11. The minimum absolute atomic E-state index is 0.0693. The summed E-state index contributed by atoms with van der Waals surface area (Å²) in [4.78, 5) is 14.8. The fourth-order valence-corrected chi connectivity index (χ4v) is 1.45. The summed E-state index contributed by atoms with van der Waals surface area (Å²) >= 11 is 0. The Kier molecular flexibility index (Phi) is 2.72. The van der Waals surface area contributed by atoms with Gasteiger partial charge in [0.15, 0.2) is 5.69 Å².